The van der Waals surface area contributed by atoms with Gasteiger partial charge < -0.3 is 10.6 Å². The van der Waals surface area contributed by atoms with Gasteiger partial charge in [-0.25, -0.2) is 9.18 Å². The van der Waals surface area contributed by atoms with Crippen LogP contribution in [0.25, 0.3) is 0 Å². The number of hydrogen-bond donors (Lipinski definition) is 2. The summed E-state index contributed by atoms with van der Waals surface area (Å²) in [6.45, 7) is 0. The Bertz CT molecular complexity index is 963. The molecule has 2 N–H and O–H groups in total. The Morgan fingerprint density at radius 3 is 2.18 bits per heavy atom. The summed E-state index contributed by atoms with van der Waals surface area (Å²) >= 11 is 1.50. The van der Waals surface area contributed by atoms with Gasteiger partial charge in [0.1, 0.15) is 5.82 Å². The van der Waals surface area contributed by atoms with Crippen LogP contribution in [0.5, 0.6) is 0 Å². The van der Waals surface area contributed by atoms with Gasteiger partial charge in [-0.15, -0.1) is 0 Å². The second-order valence-corrected chi connectivity index (χ2v) is 6.73. The molecule has 0 unspecified atom stereocenters. The molecular weight excluding hydrogens is 394 g/mol. The fourth-order valence-electron chi connectivity index (χ4n) is 2.23. The summed E-state index contributed by atoms with van der Waals surface area (Å²) in [6.07, 6.45) is -1.28. The van der Waals surface area contributed by atoms with E-state index in [0.717, 1.165) is 9.79 Å². The van der Waals surface area contributed by atoms with Crippen LogP contribution < -0.4 is 10.6 Å². The molecule has 0 aliphatic heterocycles. The average Bonchev–Trinajstić information content (AvgIpc) is 2.65. The first-order chi connectivity index (χ1) is 13.3. The molecule has 0 radical (unpaired) electrons. The quantitative estimate of drug-likeness (QED) is 0.519. The van der Waals surface area contributed by atoms with Gasteiger partial charge in [0.15, 0.2) is 0 Å². The molecule has 4 nitrogen and oxygen atoms in total. The van der Waals surface area contributed by atoms with Gasteiger partial charge in [0.2, 0.25) is 0 Å². The summed E-state index contributed by atoms with van der Waals surface area (Å²) in [7, 11) is 0. The molecule has 144 valence electrons. The first-order valence-electron chi connectivity index (χ1n) is 7.94. The first-order valence-corrected chi connectivity index (χ1v) is 8.75. The summed E-state index contributed by atoms with van der Waals surface area (Å²) in [5.74, 6) is -0.966. The zero-order chi connectivity index (χ0) is 20.1. The molecule has 1 aromatic heterocycles. The number of pyridine rings is 1. The molecule has 0 bridgehead atoms. The van der Waals surface area contributed by atoms with E-state index in [1.165, 1.54) is 11.8 Å². The Kier molecular flexibility index (Phi) is 5.84. The SMILES string of the molecule is O=C(Nc1ccc(Sc2ccncc2)cc1)Nc1cc(C(F)(F)F)ccc1F. The zero-order valence-electron chi connectivity index (χ0n) is 14.1. The predicted octanol–water partition coefficient (Wildman–Crippen LogP) is 6.03. The van der Waals surface area contributed by atoms with Gasteiger partial charge in [-0.1, -0.05) is 11.8 Å². The number of alkyl halides is 3. The number of anilines is 2. The molecule has 28 heavy (non-hydrogen) atoms. The zero-order valence-corrected chi connectivity index (χ0v) is 14.9. The molecule has 1 heterocycles. The van der Waals surface area contributed by atoms with E-state index in [4.69, 9.17) is 0 Å². The van der Waals surface area contributed by atoms with Crippen LogP contribution in [-0.4, -0.2) is 11.0 Å². The van der Waals surface area contributed by atoms with Crippen LogP contribution in [0.4, 0.5) is 33.7 Å². The largest absolute Gasteiger partial charge is 0.416 e. The molecule has 0 saturated heterocycles. The predicted molar refractivity (Wildman–Crippen MR) is 98.8 cm³/mol. The lowest BCUT2D eigenvalue weighted by molar-refractivity contribution is -0.137. The average molecular weight is 407 g/mol. The number of carbonyl (C=O) groups excluding carboxylic acids is 1. The maximum Gasteiger partial charge on any atom is 0.416 e. The number of urea groups is 1. The molecule has 3 rings (SSSR count). The van der Waals surface area contributed by atoms with Crippen LogP contribution >= 0.6 is 11.8 Å². The molecule has 2 amide bonds. The second-order valence-electron chi connectivity index (χ2n) is 5.58. The number of halogens is 4. The molecule has 0 aliphatic rings. The van der Waals surface area contributed by atoms with Gasteiger partial charge >= 0.3 is 12.2 Å². The molecule has 0 saturated carbocycles. The van der Waals surface area contributed by atoms with Crippen molar-refractivity contribution in [3.63, 3.8) is 0 Å². The summed E-state index contributed by atoms with van der Waals surface area (Å²) < 4.78 is 51.9. The van der Waals surface area contributed by atoms with Crippen LogP contribution in [0.1, 0.15) is 5.56 Å². The van der Waals surface area contributed by atoms with Gasteiger partial charge in [-0.3, -0.25) is 4.98 Å². The number of hydrogen-bond acceptors (Lipinski definition) is 3. The van der Waals surface area contributed by atoms with Crippen molar-refractivity contribution in [3.8, 4) is 0 Å². The van der Waals surface area contributed by atoms with Gasteiger partial charge in [-0.2, -0.15) is 13.2 Å². The Morgan fingerprint density at radius 2 is 1.54 bits per heavy atom. The van der Waals surface area contributed by atoms with E-state index in [-0.39, 0.29) is 0 Å². The summed E-state index contributed by atoms with van der Waals surface area (Å²) in [5, 5.41) is 4.54. The van der Waals surface area contributed by atoms with Crippen LogP contribution in [0.2, 0.25) is 0 Å². The lowest BCUT2D eigenvalue weighted by Crippen LogP contribution is -2.20. The molecule has 9 heteroatoms. The molecular formula is C19H13F4N3OS. The van der Waals surface area contributed by atoms with E-state index < -0.39 is 29.3 Å². The van der Waals surface area contributed by atoms with Crippen molar-refractivity contribution in [1.82, 2.24) is 4.98 Å². The van der Waals surface area contributed by atoms with Crippen molar-refractivity contribution in [2.45, 2.75) is 16.0 Å². The third-order valence-electron chi connectivity index (χ3n) is 3.54. The number of benzene rings is 2. The van der Waals surface area contributed by atoms with E-state index in [9.17, 15) is 22.4 Å². The lowest BCUT2D eigenvalue weighted by atomic mass is 10.2. The summed E-state index contributed by atoms with van der Waals surface area (Å²) in [4.78, 5) is 17.8. The van der Waals surface area contributed by atoms with E-state index in [2.05, 4.69) is 15.6 Å². The van der Waals surface area contributed by atoms with Gasteiger partial charge in [0.05, 0.1) is 11.3 Å². The molecule has 0 atom stereocenters. The maximum absolute atomic E-state index is 13.7. The molecule has 3 aromatic rings. The highest BCUT2D eigenvalue weighted by Crippen LogP contribution is 2.32. The van der Waals surface area contributed by atoms with E-state index in [1.807, 2.05) is 12.1 Å². The van der Waals surface area contributed by atoms with Crippen LogP contribution in [0.3, 0.4) is 0 Å². The van der Waals surface area contributed by atoms with Crippen LogP contribution in [0, 0.1) is 5.82 Å². The number of nitrogens with zero attached hydrogens (tertiary/aromatic N) is 1. The maximum atomic E-state index is 13.7. The minimum Gasteiger partial charge on any atom is -0.308 e. The Balaban J connectivity index is 1.64. The number of aromatic nitrogens is 1. The highest BCUT2D eigenvalue weighted by molar-refractivity contribution is 7.99. The van der Waals surface area contributed by atoms with Crippen LogP contribution in [0.15, 0.2) is 76.8 Å². The summed E-state index contributed by atoms with van der Waals surface area (Å²) in [6, 6.07) is 11.5. The van der Waals surface area contributed by atoms with E-state index in [1.54, 1.807) is 36.7 Å². The molecule has 0 fully saturated rings. The second kappa shape index (κ2) is 8.30. The molecule has 2 aromatic carbocycles. The minimum absolute atomic E-state index is 0.406. The van der Waals surface area contributed by atoms with Crippen molar-refractivity contribution >= 4 is 29.2 Å². The Labute approximate surface area is 162 Å². The van der Waals surface area contributed by atoms with E-state index >= 15 is 0 Å². The van der Waals surface area contributed by atoms with Gasteiger partial charge in [0, 0.05) is 27.9 Å². The van der Waals surface area contributed by atoms with Crippen molar-refractivity contribution < 1.29 is 22.4 Å². The Morgan fingerprint density at radius 1 is 0.893 bits per heavy atom. The number of rotatable bonds is 4. The topological polar surface area (TPSA) is 54.0 Å². The minimum atomic E-state index is -4.64. The number of amides is 2. The molecule has 0 spiro atoms. The van der Waals surface area contributed by atoms with Crippen LogP contribution in [-0.2, 0) is 6.18 Å². The Hall–Kier alpha value is -3.07. The monoisotopic (exact) mass is 407 g/mol. The van der Waals surface area contributed by atoms with Crippen molar-refractivity contribution in [3.05, 3.63) is 78.4 Å². The van der Waals surface area contributed by atoms with Gasteiger partial charge in [-0.05, 0) is 54.6 Å². The third-order valence-corrected chi connectivity index (χ3v) is 4.56. The highest BCUT2D eigenvalue weighted by Gasteiger charge is 2.31. The fraction of sp³-hybridized carbons (Fsp3) is 0.0526. The van der Waals surface area contributed by atoms with Crippen molar-refractivity contribution in [2.75, 3.05) is 10.6 Å². The highest BCUT2D eigenvalue weighted by atomic mass is 32.2. The van der Waals surface area contributed by atoms with Crippen molar-refractivity contribution in [1.29, 1.82) is 0 Å². The smallest absolute Gasteiger partial charge is 0.308 e. The molecule has 0 aliphatic carbocycles. The lowest BCUT2D eigenvalue weighted by Gasteiger charge is -2.12. The number of nitrogens with one attached hydrogen (secondary N) is 2. The fourth-order valence-corrected chi connectivity index (χ4v) is 3.03. The third kappa shape index (κ3) is 5.23. The standard InChI is InChI=1S/C19H13F4N3OS/c20-16-6-1-12(19(21,22)23)11-17(16)26-18(27)25-13-2-4-14(5-3-13)28-15-7-9-24-10-8-15/h1-11H,(H2,25,26,27). The number of carbonyl (C=O) groups is 1. The van der Waals surface area contributed by atoms with Crippen molar-refractivity contribution in [2.24, 2.45) is 0 Å². The first kappa shape index (κ1) is 19.7. The normalized spacial score (nSPS) is 11.1. The van der Waals surface area contributed by atoms with Gasteiger partial charge in [0.25, 0.3) is 0 Å². The van der Waals surface area contributed by atoms with E-state index in [0.29, 0.717) is 23.9 Å². The summed E-state index contributed by atoms with van der Waals surface area (Å²) in [5.41, 5.74) is -1.21.